The molecule has 0 bridgehead atoms. The third kappa shape index (κ3) is 20.0. The van der Waals surface area contributed by atoms with Gasteiger partial charge in [0.1, 0.15) is 0 Å². The molecule has 0 aromatic heterocycles. The number of rotatable bonds is 20. The molecule has 0 heterocycles. The van der Waals surface area contributed by atoms with Gasteiger partial charge in [0.15, 0.2) is 0 Å². The highest BCUT2D eigenvalue weighted by Gasteiger charge is 2.21. The van der Waals surface area contributed by atoms with E-state index < -0.39 is 7.82 Å². The van der Waals surface area contributed by atoms with Gasteiger partial charge in [-0.25, -0.2) is 4.57 Å². The fourth-order valence-electron chi connectivity index (χ4n) is 3.68. The number of nitrogens with zero attached hydrogens (tertiary/aromatic N) is 1. The molecule has 0 saturated heterocycles. The van der Waals surface area contributed by atoms with Crippen LogP contribution in [-0.2, 0) is 13.6 Å². The topological polar surface area (TPSA) is 59.0 Å². The van der Waals surface area contributed by atoms with E-state index in [4.69, 9.17) is 9.05 Å². The highest BCUT2D eigenvalue weighted by atomic mass is 31.2. The molecule has 5 nitrogen and oxygen atoms in total. The van der Waals surface area contributed by atoms with Gasteiger partial charge in [0, 0.05) is 6.54 Å². The summed E-state index contributed by atoms with van der Waals surface area (Å²) < 4.78 is 21.9. The summed E-state index contributed by atoms with van der Waals surface area (Å²) in [4.78, 5) is 11.6. The van der Waals surface area contributed by atoms with E-state index in [1.165, 1.54) is 51.4 Å². The lowest BCUT2D eigenvalue weighted by molar-refractivity contribution is 0.134. The maximum absolute atomic E-state index is 11.8. The molecular weight excluding hydrogens is 397 g/mol. The minimum atomic E-state index is -3.91. The molecule has 0 spiro atoms. The maximum Gasteiger partial charge on any atom is 0.472 e. The molecule has 30 heavy (non-hydrogen) atoms. The average molecular weight is 450 g/mol. The molecule has 1 N–H and O–H groups in total. The van der Waals surface area contributed by atoms with E-state index in [1.807, 2.05) is 19.0 Å². The Morgan fingerprint density at radius 2 is 1.10 bits per heavy atom. The predicted octanol–water partition coefficient (Wildman–Crippen LogP) is 7.15. The first-order valence-electron chi connectivity index (χ1n) is 12.3. The average Bonchev–Trinajstić information content (AvgIpc) is 2.60. The van der Waals surface area contributed by atoms with Crippen LogP contribution in [0.4, 0.5) is 0 Å². The third-order valence-corrected chi connectivity index (χ3v) is 6.94. The summed E-state index contributed by atoms with van der Waals surface area (Å²) in [6.07, 6.45) is 12.6. The smallest absolute Gasteiger partial charge is 0.307 e. The van der Waals surface area contributed by atoms with Gasteiger partial charge in [-0.3, -0.25) is 9.05 Å². The van der Waals surface area contributed by atoms with Crippen LogP contribution in [-0.4, -0.2) is 43.6 Å². The summed E-state index contributed by atoms with van der Waals surface area (Å²) in [5.41, 5.74) is 0. The highest BCUT2D eigenvalue weighted by Crippen LogP contribution is 2.43. The molecule has 0 saturated carbocycles. The first-order chi connectivity index (χ1) is 14.0. The van der Waals surface area contributed by atoms with Gasteiger partial charge >= 0.3 is 7.82 Å². The number of hydrogen-bond donors (Lipinski definition) is 1. The molecule has 0 aliphatic carbocycles. The molecule has 0 aromatic rings. The Hall–Kier alpha value is 0.0700. The van der Waals surface area contributed by atoms with E-state index in [9.17, 15) is 9.46 Å². The van der Waals surface area contributed by atoms with E-state index in [0.29, 0.717) is 12.5 Å². The van der Waals surface area contributed by atoms with E-state index in [1.54, 1.807) is 0 Å². The van der Waals surface area contributed by atoms with Crippen LogP contribution in [0.25, 0.3) is 0 Å². The molecule has 0 aromatic carbocycles. The zero-order chi connectivity index (χ0) is 23.0. The normalized spacial score (nSPS) is 17.3. The molecule has 0 rings (SSSR count). The minimum absolute atomic E-state index is 0.199. The van der Waals surface area contributed by atoms with Crippen molar-refractivity contribution in [1.29, 1.82) is 0 Å². The second kappa shape index (κ2) is 17.6. The predicted molar refractivity (Wildman–Crippen MR) is 129 cm³/mol. The number of phosphoric acid groups is 1. The SMILES string of the molecule is CC(C)CCCC(C)CCCC(C)CCCC(C)CCOP(=O)(O)OCCN(C)C. The minimum Gasteiger partial charge on any atom is -0.307 e. The zero-order valence-corrected chi connectivity index (χ0v) is 22.0. The fourth-order valence-corrected chi connectivity index (χ4v) is 4.41. The Kier molecular flexibility index (Phi) is 17.6. The van der Waals surface area contributed by atoms with Crippen LogP contribution < -0.4 is 0 Å². The largest absolute Gasteiger partial charge is 0.472 e. The first kappa shape index (κ1) is 30.1. The van der Waals surface area contributed by atoms with Crippen molar-refractivity contribution in [2.45, 2.75) is 98.8 Å². The highest BCUT2D eigenvalue weighted by molar-refractivity contribution is 7.47. The fraction of sp³-hybridized carbons (Fsp3) is 1.00. The molecule has 0 fully saturated rings. The van der Waals surface area contributed by atoms with Crippen molar-refractivity contribution >= 4 is 7.82 Å². The number of likely N-dealkylation sites (N-methyl/N-ethyl adjacent to an activating group) is 1. The van der Waals surface area contributed by atoms with E-state index in [2.05, 4.69) is 34.6 Å². The molecule has 0 aliphatic heterocycles. The summed E-state index contributed by atoms with van der Waals surface area (Å²) in [5.74, 6) is 2.99. The molecular formula is C24H52NO4P. The van der Waals surface area contributed by atoms with Crippen molar-refractivity contribution in [1.82, 2.24) is 4.90 Å². The summed E-state index contributed by atoms with van der Waals surface area (Å²) in [6, 6.07) is 0. The summed E-state index contributed by atoms with van der Waals surface area (Å²) in [6.45, 7) is 12.7. The Bertz CT molecular complexity index is 445. The van der Waals surface area contributed by atoms with Gasteiger partial charge in [0.2, 0.25) is 0 Å². The second-order valence-corrected chi connectivity index (χ2v) is 11.7. The van der Waals surface area contributed by atoms with Crippen LogP contribution in [0.5, 0.6) is 0 Å². The van der Waals surface area contributed by atoms with Gasteiger partial charge in [-0.05, 0) is 44.2 Å². The Morgan fingerprint density at radius 1 is 0.700 bits per heavy atom. The van der Waals surface area contributed by atoms with Crippen LogP contribution in [0.2, 0.25) is 0 Å². The molecule has 0 radical (unpaired) electrons. The van der Waals surface area contributed by atoms with E-state index in [-0.39, 0.29) is 13.2 Å². The van der Waals surface area contributed by atoms with Crippen LogP contribution in [0.1, 0.15) is 98.8 Å². The maximum atomic E-state index is 11.8. The standard InChI is InChI=1S/C24H52NO4P/c1-21(2)11-8-12-22(3)13-9-14-23(4)15-10-16-24(5)17-19-28-30(26,27)29-20-18-25(6)7/h21-24H,8-20H2,1-7H3,(H,26,27). The van der Waals surface area contributed by atoms with Crippen LogP contribution in [0.3, 0.4) is 0 Å². The lowest BCUT2D eigenvalue weighted by atomic mass is 9.91. The monoisotopic (exact) mass is 449 g/mol. The van der Waals surface area contributed by atoms with Gasteiger partial charge in [0.05, 0.1) is 13.2 Å². The molecule has 4 unspecified atom stereocenters. The third-order valence-electron chi connectivity index (χ3n) is 5.92. The molecule has 0 amide bonds. The Balaban J connectivity index is 3.70. The van der Waals surface area contributed by atoms with Crippen molar-refractivity contribution in [3.63, 3.8) is 0 Å². The van der Waals surface area contributed by atoms with Crippen LogP contribution in [0, 0.1) is 23.7 Å². The molecule has 0 aliphatic rings. The second-order valence-electron chi connectivity index (χ2n) is 10.2. The summed E-state index contributed by atoms with van der Waals surface area (Å²) in [5, 5.41) is 0. The van der Waals surface area contributed by atoms with E-state index in [0.717, 1.165) is 30.6 Å². The number of phosphoric ester groups is 1. The summed E-state index contributed by atoms with van der Waals surface area (Å²) in [7, 11) is -0.120. The van der Waals surface area contributed by atoms with Crippen LogP contribution in [0.15, 0.2) is 0 Å². The van der Waals surface area contributed by atoms with Gasteiger partial charge in [-0.2, -0.15) is 0 Å². The molecule has 4 atom stereocenters. The van der Waals surface area contributed by atoms with Crippen molar-refractivity contribution in [2.24, 2.45) is 23.7 Å². The lowest BCUT2D eigenvalue weighted by Crippen LogP contribution is -2.17. The molecule has 6 heteroatoms. The van der Waals surface area contributed by atoms with Crippen LogP contribution >= 0.6 is 7.82 Å². The van der Waals surface area contributed by atoms with Crippen molar-refractivity contribution in [3.05, 3.63) is 0 Å². The Morgan fingerprint density at radius 3 is 1.53 bits per heavy atom. The summed E-state index contributed by atoms with van der Waals surface area (Å²) >= 11 is 0. The van der Waals surface area contributed by atoms with Gasteiger partial charge in [-0.15, -0.1) is 0 Å². The zero-order valence-electron chi connectivity index (χ0n) is 21.1. The quantitative estimate of drug-likeness (QED) is 0.200. The molecule has 182 valence electrons. The van der Waals surface area contributed by atoms with Gasteiger partial charge < -0.3 is 9.79 Å². The van der Waals surface area contributed by atoms with Crippen molar-refractivity contribution < 1.29 is 18.5 Å². The first-order valence-corrected chi connectivity index (χ1v) is 13.8. The van der Waals surface area contributed by atoms with E-state index >= 15 is 0 Å². The van der Waals surface area contributed by atoms with Gasteiger partial charge in [-0.1, -0.05) is 92.4 Å². The Labute approximate surface area is 187 Å². The number of hydrogen-bond acceptors (Lipinski definition) is 4. The van der Waals surface area contributed by atoms with Gasteiger partial charge in [0.25, 0.3) is 0 Å². The van der Waals surface area contributed by atoms with Crippen molar-refractivity contribution in [2.75, 3.05) is 33.9 Å². The lowest BCUT2D eigenvalue weighted by Gasteiger charge is -2.17. The van der Waals surface area contributed by atoms with Crippen molar-refractivity contribution in [3.8, 4) is 0 Å².